The Balaban J connectivity index is 1.54. The lowest BCUT2D eigenvalue weighted by molar-refractivity contribution is 0.000409. The summed E-state index contributed by atoms with van der Waals surface area (Å²) in [4.78, 5) is 4.96. The highest BCUT2D eigenvalue weighted by molar-refractivity contribution is 9.10. The van der Waals surface area contributed by atoms with Crippen molar-refractivity contribution in [1.82, 2.24) is 9.55 Å². The molecule has 2 fully saturated rings. The van der Waals surface area contributed by atoms with Crippen molar-refractivity contribution in [3.8, 4) is 11.8 Å². The Morgan fingerprint density at radius 3 is 2.36 bits per heavy atom. The van der Waals surface area contributed by atoms with Crippen molar-refractivity contribution in [2.24, 2.45) is 5.92 Å². The van der Waals surface area contributed by atoms with Crippen LogP contribution in [0.2, 0.25) is 0 Å². The van der Waals surface area contributed by atoms with Gasteiger partial charge in [0.25, 0.3) is 0 Å². The van der Waals surface area contributed by atoms with Crippen LogP contribution < -0.4 is 4.74 Å². The van der Waals surface area contributed by atoms with Gasteiger partial charge < -0.3 is 9.30 Å². The number of halogens is 2. The molecule has 0 aliphatic heterocycles. The van der Waals surface area contributed by atoms with E-state index in [2.05, 4.69) is 33.5 Å². The monoisotopic (exact) mass is 507 g/mol. The Kier molecular flexibility index (Phi) is 5.78. The summed E-state index contributed by atoms with van der Waals surface area (Å²) in [5.41, 5.74) is 0.701. The van der Waals surface area contributed by atoms with E-state index in [4.69, 9.17) is 9.72 Å². The van der Waals surface area contributed by atoms with Crippen molar-refractivity contribution < 1.29 is 9.13 Å². The molecule has 0 atom stereocenters. The third kappa shape index (κ3) is 4.19. The van der Waals surface area contributed by atoms with Crippen LogP contribution in [0, 0.1) is 30.0 Å². The minimum Gasteiger partial charge on any atom is -0.479 e. The Hall–Kier alpha value is -2.65. The Morgan fingerprint density at radius 1 is 1.09 bits per heavy atom. The SMILES string of the molecule is Cc1c(Br)nc(C2(Oc3ccccc3)CCC(C#N)(c3ccc(F)cc3)CC2)n1CC1CC1. The van der Waals surface area contributed by atoms with E-state index in [9.17, 15) is 9.65 Å². The van der Waals surface area contributed by atoms with Crippen LogP contribution in [0.15, 0.2) is 59.2 Å². The van der Waals surface area contributed by atoms with Crippen LogP contribution in [-0.4, -0.2) is 9.55 Å². The lowest BCUT2D eigenvalue weighted by Crippen LogP contribution is -2.44. The number of nitriles is 1. The quantitative estimate of drug-likeness (QED) is 0.368. The molecule has 0 N–H and O–H groups in total. The third-order valence-corrected chi connectivity index (χ3v) is 8.04. The van der Waals surface area contributed by atoms with E-state index in [-0.39, 0.29) is 5.82 Å². The first kappa shape index (κ1) is 22.2. The van der Waals surface area contributed by atoms with Crippen LogP contribution >= 0.6 is 15.9 Å². The van der Waals surface area contributed by atoms with E-state index >= 15 is 0 Å². The Morgan fingerprint density at radius 2 is 1.76 bits per heavy atom. The number of rotatable bonds is 6. The average Bonchev–Trinajstić information content (AvgIpc) is 3.62. The maximum atomic E-state index is 13.5. The maximum absolute atomic E-state index is 13.5. The molecule has 0 amide bonds. The van der Waals surface area contributed by atoms with Gasteiger partial charge in [0, 0.05) is 12.2 Å². The predicted octanol–water partition coefficient (Wildman–Crippen LogP) is 6.81. The van der Waals surface area contributed by atoms with Crippen LogP contribution in [0.1, 0.15) is 55.6 Å². The fourth-order valence-corrected chi connectivity index (χ4v) is 5.42. The number of ether oxygens (including phenoxy) is 1. The van der Waals surface area contributed by atoms with Crippen molar-refractivity contribution in [2.75, 3.05) is 0 Å². The Bertz CT molecular complexity index is 1170. The first-order valence-corrected chi connectivity index (χ1v) is 12.4. The normalized spacial score (nSPS) is 24.9. The first-order valence-electron chi connectivity index (χ1n) is 11.6. The zero-order chi connectivity index (χ0) is 23.1. The largest absolute Gasteiger partial charge is 0.479 e. The lowest BCUT2D eigenvalue weighted by atomic mass is 9.65. The van der Waals surface area contributed by atoms with Gasteiger partial charge in [-0.25, -0.2) is 9.37 Å². The van der Waals surface area contributed by atoms with E-state index in [0.717, 1.165) is 34.0 Å². The summed E-state index contributed by atoms with van der Waals surface area (Å²) in [7, 11) is 0. The van der Waals surface area contributed by atoms with E-state index in [1.807, 2.05) is 30.3 Å². The predicted molar refractivity (Wildman–Crippen MR) is 128 cm³/mol. The van der Waals surface area contributed by atoms with Gasteiger partial charge >= 0.3 is 0 Å². The van der Waals surface area contributed by atoms with Crippen LogP contribution in [-0.2, 0) is 17.6 Å². The second-order valence-corrected chi connectivity index (χ2v) is 10.2. The summed E-state index contributed by atoms with van der Waals surface area (Å²) in [5.74, 6) is 2.15. The fraction of sp³-hybridized carbons (Fsp3) is 0.407. The molecule has 0 unspecified atom stereocenters. The summed E-state index contributed by atoms with van der Waals surface area (Å²) < 4.78 is 23.5. The standard InChI is InChI=1S/C27H27BrFN3O/c1-19-24(28)31-25(32(19)17-20-7-8-20)27(33-23-5-3-2-4-6-23)15-13-26(18-30,14-16-27)21-9-11-22(29)12-10-21/h2-6,9-12,20H,7-8,13-17H2,1H3. The third-order valence-electron chi connectivity index (χ3n) is 7.29. The maximum Gasteiger partial charge on any atom is 0.166 e. The molecule has 0 saturated heterocycles. The van der Waals surface area contributed by atoms with Gasteiger partial charge in [0.15, 0.2) is 11.4 Å². The van der Waals surface area contributed by atoms with E-state index < -0.39 is 11.0 Å². The number of hydrogen-bond donors (Lipinski definition) is 0. The second kappa shape index (κ2) is 8.61. The van der Waals surface area contributed by atoms with Crippen LogP contribution in [0.4, 0.5) is 4.39 Å². The van der Waals surface area contributed by atoms with Gasteiger partial charge in [0.1, 0.15) is 16.2 Å². The molecule has 1 aromatic heterocycles. The molecule has 1 heterocycles. The summed E-state index contributed by atoms with van der Waals surface area (Å²) in [6, 6.07) is 18.8. The molecule has 6 heteroatoms. The van der Waals surface area contributed by atoms with Crippen molar-refractivity contribution in [2.45, 2.75) is 63.0 Å². The minimum absolute atomic E-state index is 0.285. The van der Waals surface area contributed by atoms with Gasteiger partial charge in [-0.1, -0.05) is 30.3 Å². The number of nitrogens with zero attached hydrogens (tertiary/aromatic N) is 3. The number of benzene rings is 2. The summed E-state index contributed by atoms with van der Waals surface area (Å²) in [5, 5.41) is 10.2. The number of para-hydroxylation sites is 1. The fourth-order valence-electron chi connectivity index (χ4n) is 5.03. The molecule has 0 spiro atoms. The van der Waals surface area contributed by atoms with Crippen molar-refractivity contribution in [3.63, 3.8) is 0 Å². The second-order valence-electron chi connectivity index (χ2n) is 9.48. The topological polar surface area (TPSA) is 50.8 Å². The molecule has 4 nitrogen and oxygen atoms in total. The van der Waals surface area contributed by atoms with Crippen LogP contribution in [0.3, 0.4) is 0 Å². The summed E-state index contributed by atoms with van der Waals surface area (Å²) >= 11 is 3.66. The molecule has 0 radical (unpaired) electrons. The first-order chi connectivity index (χ1) is 15.9. The molecule has 2 saturated carbocycles. The molecule has 2 aliphatic rings. The van der Waals surface area contributed by atoms with E-state index in [0.29, 0.717) is 31.6 Å². The molecule has 3 aromatic rings. The Labute approximate surface area is 202 Å². The van der Waals surface area contributed by atoms with Gasteiger partial charge in [-0.05, 0) is 97.1 Å². The van der Waals surface area contributed by atoms with Crippen molar-refractivity contribution in [1.29, 1.82) is 5.26 Å². The molecular weight excluding hydrogens is 481 g/mol. The molecule has 0 bridgehead atoms. The van der Waals surface area contributed by atoms with Gasteiger partial charge in [0.2, 0.25) is 0 Å². The number of hydrogen-bond acceptors (Lipinski definition) is 3. The lowest BCUT2D eigenvalue weighted by Gasteiger charge is -2.43. The van der Waals surface area contributed by atoms with Crippen LogP contribution in [0.25, 0.3) is 0 Å². The molecule has 5 rings (SSSR count). The zero-order valence-electron chi connectivity index (χ0n) is 18.7. The minimum atomic E-state index is -0.655. The van der Waals surface area contributed by atoms with Gasteiger partial charge in [-0.15, -0.1) is 0 Å². The molecule has 2 aliphatic carbocycles. The molecular formula is C27H27BrFN3O. The highest BCUT2D eigenvalue weighted by atomic mass is 79.9. The zero-order valence-corrected chi connectivity index (χ0v) is 20.3. The van der Waals surface area contributed by atoms with Gasteiger partial charge in [-0.3, -0.25) is 0 Å². The number of imidazole rings is 1. The summed E-state index contributed by atoms with van der Waals surface area (Å²) in [6.45, 7) is 3.04. The molecule has 2 aromatic carbocycles. The van der Waals surface area contributed by atoms with Gasteiger partial charge in [-0.2, -0.15) is 5.26 Å². The smallest absolute Gasteiger partial charge is 0.166 e. The number of aromatic nitrogens is 2. The van der Waals surface area contributed by atoms with E-state index in [1.54, 1.807) is 12.1 Å². The summed E-state index contributed by atoms with van der Waals surface area (Å²) in [6.07, 6.45) is 5.05. The van der Waals surface area contributed by atoms with Gasteiger partial charge in [0.05, 0.1) is 11.5 Å². The van der Waals surface area contributed by atoms with Crippen molar-refractivity contribution in [3.05, 3.63) is 82.1 Å². The highest BCUT2D eigenvalue weighted by Gasteiger charge is 2.49. The molecule has 33 heavy (non-hydrogen) atoms. The van der Waals surface area contributed by atoms with E-state index in [1.165, 1.54) is 25.0 Å². The highest BCUT2D eigenvalue weighted by Crippen LogP contribution is 2.49. The average molecular weight is 508 g/mol. The van der Waals surface area contributed by atoms with Crippen molar-refractivity contribution >= 4 is 15.9 Å². The molecule has 170 valence electrons. The van der Waals surface area contributed by atoms with Crippen LogP contribution in [0.5, 0.6) is 5.75 Å².